The van der Waals surface area contributed by atoms with Crippen LogP contribution in [0.15, 0.2) is 46.9 Å². The van der Waals surface area contributed by atoms with Crippen LogP contribution < -0.4 is 4.74 Å². The lowest BCUT2D eigenvalue weighted by molar-refractivity contribution is -0.385. The van der Waals surface area contributed by atoms with Gasteiger partial charge in [-0.2, -0.15) is 0 Å². The summed E-state index contributed by atoms with van der Waals surface area (Å²) < 4.78 is 6.00. The zero-order valence-electron chi connectivity index (χ0n) is 10.7. The topological polar surface area (TPSA) is 89.7 Å². The van der Waals surface area contributed by atoms with Gasteiger partial charge in [-0.05, 0) is 23.8 Å². The van der Waals surface area contributed by atoms with E-state index in [9.17, 15) is 14.9 Å². The average Bonchev–Trinajstić information content (AvgIpc) is 2.45. The van der Waals surface area contributed by atoms with Crippen molar-refractivity contribution in [1.29, 1.82) is 0 Å². The zero-order chi connectivity index (χ0) is 15.4. The molecule has 0 unspecified atom stereocenters. The third-order valence-corrected chi connectivity index (χ3v) is 3.10. The first-order valence-electron chi connectivity index (χ1n) is 5.86. The van der Waals surface area contributed by atoms with E-state index in [2.05, 4.69) is 15.9 Å². The number of aromatic carboxylic acids is 1. The van der Waals surface area contributed by atoms with Crippen molar-refractivity contribution >= 4 is 27.6 Å². The number of non-ortho nitro benzene ring substituents is 1. The summed E-state index contributed by atoms with van der Waals surface area (Å²) in [6, 6.07) is 10.6. The molecule has 2 aromatic rings. The highest BCUT2D eigenvalue weighted by Gasteiger charge is 2.10. The molecule has 0 amide bonds. The van der Waals surface area contributed by atoms with Gasteiger partial charge in [-0.3, -0.25) is 10.1 Å². The van der Waals surface area contributed by atoms with Gasteiger partial charge in [0.1, 0.15) is 12.4 Å². The lowest BCUT2D eigenvalue weighted by atomic mass is 10.1. The SMILES string of the molecule is O=C(O)c1cccc(COc2cc(Br)cc([N+](=O)[O-])c2)c1. The largest absolute Gasteiger partial charge is 0.489 e. The third-order valence-electron chi connectivity index (χ3n) is 2.65. The fourth-order valence-electron chi connectivity index (χ4n) is 1.70. The summed E-state index contributed by atoms with van der Waals surface area (Å²) in [5.41, 5.74) is 0.743. The fraction of sp³-hybridized carbons (Fsp3) is 0.0714. The molecule has 0 aliphatic heterocycles. The number of nitrogens with zero attached hydrogens (tertiary/aromatic N) is 1. The van der Waals surface area contributed by atoms with Gasteiger partial charge in [-0.1, -0.05) is 28.1 Å². The van der Waals surface area contributed by atoms with E-state index >= 15 is 0 Å². The van der Waals surface area contributed by atoms with Crippen LogP contribution in [-0.4, -0.2) is 16.0 Å². The summed E-state index contributed by atoms with van der Waals surface area (Å²) in [5.74, 6) is -0.688. The molecule has 0 fully saturated rings. The number of nitro groups is 1. The van der Waals surface area contributed by atoms with Crippen molar-refractivity contribution in [2.75, 3.05) is 0 Å². The van der Waals surface area contributed by atoms with Gasteiger partial charge in [0, 0.05) is 10.5 Å². The van der Waals surface area contributed by atoms with Crippen molar-refractivity contribution < 1.29 is 19.6 Å². The highest BCUT2D eigenvalue weighted by atomic mass is 79.9. The Bertz CT molecular complexity index is 702. The van der Waals surface area contributed by atoms with Crippen molar-refractivity contribution in [3.05, 3.63) is 68.2 Å². The van der Waals surface area contributed by atoms with E-state index in [1.165, 1.54) is 24.3 Å². The molecular weight excluding hydrogens is 342 g/mol. The lowest BCUT2D eigenvalue weighted by Gasteiger charge is -2.07. The van der Waals surface area contributed by atoms with E-state index in [0.717, 1.165) is 0 Å². The van der Waals surface area contributed by atoms with Crippen LogP contribution in [0.25, 0.3) is 0 Å². The molecule has 21 heavy (non-hydrogen) atoms. The quantitative estimate of drug-likeness (QED) is 0.656. The molecule has 0 heterocycles. The molecule has 6 nitrogen and oxygen atoms in total. The molecule has 0 radical (unpaired) electrons. The van der Waals surface area contributed by atoms with Crippen LogP contribution >= 0.6 is 15.9 Å². The van der Waals surface area contributed by atoms with Crippen molar-refractivity contribution in [2.45, 2.75) is 6.61 Å². The molecule has 0 bridgehead atoms. The first kappa shape index (κ1) is 15.0. The van der Waals surface area contributed by atoms with E-state index in [4.69, 9.17) is 9.84 Å². The Morgan fingerprint density at radius 1 is 1.29 bits per heavy atom. The second-order valence-electron chi connectivity index (χ2n) is 4.20. The molecule has 0 saturated heterocycles. The number of hydrogen-bond donors (Lipinski definition) is 1. The lowest BCUT2D eigenvalue weighted by Crippen LogP contribution is -2.00. The van der Waals surface area contributed by atoms with E-state index < -0.39 is 10.9 Å². The smallest absolute Gasteiger partial charge is 0.335 e. The van der Waals surface area contributed by atoms with Crippen molar-refractivity contribution in [3.63, 3.8) is 0 Å². The number of rotatable bonds is 5. The van der Waals surface area contributed by atoms with Crippen LogP contribution in [-0.2, 0) is 6.61 Å². The van der Waals surface area contributed by atoms with E-state index in [1.807, 2.05) is 0 Å². The summed E-state index contributed by atoms with van der Waals surface area (Å²) in [4.78, 5) is 21.1. The number of hydrogen-bond acceptors (Lipinski definition) is 4. The number of carboxylic acids is 1. The molecule has 0 spiro atoms. The molecule has 7 heteroatoms. The molecule has 0 saturated carbocycles. The van der Waals surface area contributed by atoms with Crippen molar-refractivity contribution in [1.82, 2.24) is 0 Å². The normalized spacial score (nSPS) is 10.1. The first-order chi connectivity index (χ1) is 9.95. The Balaban J connectivity index is 2.14. The summed E-state index contributed by atoms with van der Waals surface area (Å²) in [6.07, 6.45) is 0. The highest BCUT2D eigenvalue weighted by Crippen LogP contribution is 2.26. The van der Waals surface area contributed by atoms with Crippen LogP contribution in [0.5, 0.6) is 5.75 Å². The third kappa shape index (κ3) is 4.03. The molecule has 2 rings (SSSR count). The second kappa shape index (κ2) is 6.36. The van der Waals surface area contributed by atoms with Gasteiger partial charge in [0.15, 0.2) is 0 Å². The van der Waals surface area contributed by atoms with Gasteiger partial charge in [0.05, 0.1) is 16.6 Å². The monoisotopic (exact) mass is 351 g/mol. The average molecular weight is 352 g/mol. The molecular formula is C14H10BrNO5. The molecule has 108 valence electrons. The van der Waals surface area contributed by atoms with Gasteiger partial charge in [0.25, 0.3) is 5.69 Å². The van der Waals surface area contributed by atoms with Crippen molar-refractivity contribution in [3.8, 4) is 5.75 Å². The minimum Gasteiger partial charge on any atom is -0.489 e. The number of ether oxygens (including phenoxy) is 1. The minimum absolute atomic E-state index is 0.0846. The molecule has 2 aromatic carbocycles. The number of halogens is 1. The fourth-order valence-corrected chi connectivity index (χ4v) is 2.16. The Labute approximate surface area is 128 Å². The maximum atomic E-state index is 10.9. The number of carboxylic acid groups (broad SMARTS) is 1. The van der Waals surface area contributed by atoms with Crippen LogP contribution in [0.2, 0.25) is 0 Å². The number of benzene rings is 2. The van der Waals surface area contributed by atoms with Crippen LogP contribution in [0.1, 0.15) is 15.9 Å². The summed E-state index contributed by atoms with van der Waals surface area (Å²) in [7, 11) is 0. The van der Waals surface area contributed by atoms with E-state index in [1.54, 1.807) is 18.2 Å². The zero-order valence-corrected chi connectivity index (χ0v) is 12.2. The summed E-state index contributed by atoms with van der Waals surface area (Å²) in [5, 5.41) is 19.7. The van der Waals surface area contributed by atoms with Crippen molar-refractivity contribution in [2.24, 2.45) is 0 Å². The van der Waals surface area contributed by atoms with Gasteiger partial charge >= 0.3 is 5.97 Å². The predicted molar refractivity (Wildman–Crippen MR) is 78.5 cm³/mol. The number of carbonyl (C=O) groups is 1. The molecule has 0 aromatic heterocycles. The summed E-state index contributed by atoms with van der Waals surface area (Å²) in [6.45, 7) is 0.120. The predicted octanol–water partition coefficient (Wildman–Crippen LogP) is 3.63. The summed E-state index contributed by atoms with van der Waals surface area (Å²) >= 11 is 3.18. The Morgan fingerprint density at radius 2 is 2.05 bits per heavy atom. The van der Waals surface area contributed by atoms with Gasteiger partial charge in [0.2, 0.25) is 0 Å². The Kier molecular flexibility index (Phi) is 4.54. The Morgan fingerprint density at radius 3 is 2.71 bits per heavy atom. The van der Waals surface area contributed by atoms with Crippen LogP contribution in [0.4, 0.5) is 5.69 Å². The van der Waals surface area contributed by atoms with Crippen LogP contribution in [0, 0.1) is 10.1 Å². The van der Waals surface area contributed by atoms with Gasteiger partial charge in [-0.25, -0.2) is 4.79 Å². The standard InChI is InChI=1S/C14H10BrNO5/c15-11-5-12(16(19)20)7-13(6-11)21-8-9-2-1-3-10(4-9)14(17)18/h1-7H,8H2,(H,17,18). The first-order valence-corrected chi connectivity index (χ1v) is 6.65. The van der Waals surface area contributed by atoms with E-state index in [0.29, 0.717) is 15.8 Å². The minimum atomic E-state index is -1.02. The maximum Gasteiger partial charge on any atom is 0.335 e. The molecule has 1 N–H and O–H groups in total. The Hall–Kier alpha value is -2.41. The molecule has 0 atom stereocenters. The van der Waals surface area contributed by atoms with Crippen LogP contribution in [0.3, 0.4) is 0 Å². The molecule has 0 aliphatic carbocycles. The maximum absolute atomic E-state index is 10.9. The number of nitro benzene ring substituents is 1. The van der Waals surface area contributed by atoms with E-state index in [-0.39, 0.29) is 17.9 Å². The highest BCUT2D eigenvalue weighted by molar-refractivity contribution is 9.10. The van der Waals surface area contributed by atoms with Gasteiger partial charge < -0.3 is 9.84 Å². The second-order valence-corrected chi connectivity index (χ2v) is 5.11. The molecule has 0 aliphatic rings. The van der Waals surface area contributed by atoms with Gasteiger partial charge in [-0.15, -0.1) is 0 Å².